The lowest BCUT2D eigenvalue weighted by Gasteiger charge is -2.39. The molecule has 0 aliphatic carbocycles. The van der Waals surface area contributed by atoms with E-state index in [1.54, 1.807) is 0 Å². The molecule has 3 rings (SSSR count). The zero-order valence-corrected chi connectivity index (χ0v) is 17.4. The van der Waals surface area contributed by atoms with Gasteiger partial charge in [0, 0.05) is 44.5 Å². The molecule has 2 aromatic rings. The first-order chi connectivity index (χ1) is 14.0. The van der Waals surface area contributed by atoms with Crippen LogP contribution in [0, 0.1) is 5.41 Å². The summed E-state index contributed by atoms with van der Waals surface area (Å²) in [5.74, 6) is 0.0548. The molecule has 0 radical (unpaired) electrons. The van der Waals surface area contributed by atoms with Gasteiger partial charge in [-0.3, -0.25) is 9.59 Å². The van der Waals surface area contributed by atoms with Crippen LogP contribution in [0.2, 0.25) is 0 Å². The topological polar surface area (TPSA) is 52.7 Å². The summed E-state index contributed by atoms with van der Waals surface area (Å²) in [5, 5.41) is 3.10. The van der Waals surface area contributed by atoms with Gasteiger partial charge >= 0.3 is 0 Å². The third-order valence-electron chi connectivity index (χ3n) is 5.71. The Bertz CT molecular complexity index is 809. The molecular weight excluding hydrogens is 362 g/mol. The van der Waals surface area contributed by atoms with Crippen LogP contribution in [0.5, 0.6) is 0 Å². The second-order valence-corrected chi connectivity index (χ2v) is 8.12. The van der Waals surface area contributed by atoms with Gasteiger partial charge < -0.3 is 15.1 Å². The van der Waals surface area contributed by atoms with Gasteiger partial charge in [-0.2, -0.15) is 0 Å². The summed E-state index contributed by atoms with van der Waals surface area (Å²) in [7, 11) is 2.06. The Morgan fingerprint density at radius 2 is 1.72 bits per heavy atom. The van der Waals surface area contributed by atoms with Gasteiger partial charge in [-0.05, 0) is 50.5 Å². The summed E-state index contributed by atoms with van der Waals surface area (Å²) in [6.45, 7) is 4.66. The van der Waals surface area contributed by atoms with E-state index >= 15 is 0 Å². The molecule has 154 valence electrons. The Balaban J connectivity index is 1.48. The van der Waals surface area contributed by atoms with Crippen molar-refractivity contribution in [1.29, 1.82) is 0 Å². The van der Waals surface area contributed by atoms with Gasteiger partial charge in [-0.25, -0.2) is 0 Å². The van der Waals surface area contributed by atoms with Crippen molar-refractivity contribution in [2.45, 2.75) is 26.2 Å². The van der Waals surface area contributed by atoms with E-state index in [4.69, 9.17) is 0 Å². The monoisotopic (exact) mass is 393 g/mol. The Labute approximate surface area is 173 Å². The molecule has 5 heteroatoms. The van der Waals surface area contributed by atoms with E-state index in [9.17, 15) is 9.59 Å². The van der Waals surface area contributed by atoms with Crippen molar-refractivity contribution < 1.29 is 9.59 Å². The highest BCUT2D eigenvalue weighted by Gasteiger charge is 2.39. The molecule has 1 saturated heterocycles. The number of hydrogen-bond acceptors (Lipinski definition) is 3. The highest BCUT2D eigenvalue weighted by molar-refractivity contribution is 5.95. The number of anilines is 1. The van der Waals surface area contributed by atoms with E-state index in [0.717, 1.165) is 25.8 Å². The SMILES string of the molecule is CN(CCCNC(=O)C1(C)CCCN(C(=O)c2ccccc2)C1)c1ccccc1. The number of piperidine rings is 1. The fourth-order valence-electron chi connectivity index (χ4n) is 3.90. The predicted octanol–water partition coefficient (Wildman–Crippen LogP) is 3.57. The molecule has 2 aromatic carbocycles. The van der Waals surface area contributed by atoms with E-state index in [-0.39, 0.29) is 11.8 Å². The van der Waals surface area contributed by atoms with Crippen LogP contribution in [0.1, 0.15) is 36.5 Å². The van der Waals surface area contributed by atoms with Crippen molar-refractivity contribution in [3.63, 3.8) is 0 Å². The van der Waals surface area contributed by atoms with Crippen LogP contribution < -0.4 is 10.2 Å². The average molecular weight is 394 g/mol. The Morgan fingerprint density at radius 1 is 1.07 bits per heavy atom. The number of benzene rings is 2. The maximum absolute atomic E-state index is 12.9. The van der Waals surface area contributed by atoms with Gasteiger partial charge in [0.15, 0.2) is 0 Å². The molecule has 1 atom stereocenters. The predicted molar refractivity (Wildman–Crippen MR) is 117 cm³/mol. The van der Waals surface area contributed by atoms with Gasteiger partial charge in [0.1, 0.15) is 0 Å². The third kappa shape index (κ3) is 5.37. The molecule has 1 heterocycles. The number of likely N-dealkylation sites (tertiary alicyclic amines) is 1. The number of rotatable bonds is 7. The first-order valence-electron chi connectivity index (χ1n) is 10.4. The Hall–Kier alpha value is -2.82. The van der Waals surface area contributed by atoms with Gasteiger partial charge in [-0.15, -0.1) is 0 Å². The van der Waals surface area contributed by atoms with Crippen molar-refractivity contribution in [2.24, 2.45) is 5.41 Å². The highest BCUT2D eigenvalue weighted by Crippen LogP contribution is 2.30. The summed E-state index contributed by atoms with van der Waals surface area (Å²) >= 11 is 0. The number of hydrogen-bond donors (Lipinski definition) is 1. The van der Waals surface area contributed by atoms with E-state index in [1.165, 1.54) is 5.69 Å². The minimum Gasteiger partial charge on any atom is -0.375 e. The van der Waals surface area contributed by atoms with Crippen molar-refractivity contribution in [1.82, 2.24) is 10.2 Å². The maximum Gasteiger partial charge on any atom is 0.253 e. The minimum absolute atomic E-state index is 0.00816. The van der Waals surface area contributed by atoms with Gasteiger partial charge in [0.25, 0.3) is 5.91 Å². The highest BCUT2D eigenvalue weighted by atomic mass is 16.2. The summed E-state index contributed by atoms with van der Waals surface area (Å²) in [4.78, 5) is 29.7. The van der Waals surface area contributed by atoms with Crippen LogP contribution in [-0.4, -0.2) is 49.9 Å². The molecule has 1 unspecified atom stereocenters. The zero-order valence-electron chi connectivity index (χ0n) is 17.4. The van der Waals surface area contributed by atoms with Crippen LogP contribution in [0.25, 0.3) is 0 Å². The summed E-state index contributed by atoms with van der Waals surface area (Å²) in [6.07, 6.45) is 2.53. The van der Waals surface area contributed by atoms with Gasteiger partial charge in [0.05, 0.1) is 5.41 Å². The molecule has 1 aliphatic heterocycles. The number of amides is 2. The first kappa shape index (κ1) is 20.9. The lowest BCUT2D eigenvalue weighted by Crippen LogP contribution is -2.52. The number of para-hydroxylation sites is 1. The first-order valence-corrected chi connectivity index (χ1v) is 10.4. The second-order valence-electron chi connectivity index (χ2n) is 8.12. The van der Waals surface area contributed by atoms with Gasteiger partial charge in [0.2, 0.25) is 5.91 Å². The molecule has 0 aromatic heterocycles. The molecule has 0 spiro atoms. The van der Waals surface area contributed by atoms with Crippen molar-refractivity contribution in [3.8, 4) is 0 Å². The van der Waals surface area contributed by atoms with Gasteiger partial charge in [-0.1, -0.05) is 36.4 Å². The van der Waals surface area contributed by atoms with E-state index in [2.05, 4.69) is 29.4 Å². The second kappa shape index (κ2) is 9.59. The molecule has 0 bridgehead atoms. The smallest absolute Gasteiger partial charge is 0.253 e. The van der Waals surface area contributed by atoms with Crippen LogP contribution in [0.3, 0.4) is 0 Å². The van der Waals surface area contributed by atoms with E-state index in [1.807, 2.05) is 60.4 Å². The lowest BCUT2D eigenvalue weighted by molar-refractivity contribution is -0.132. The Morgan fingerprint density at radius 3 is 2.41 bits per heavy atom. The van der Waals surface area contributed by atoms with Crippen LogP contribution in [0.4, 0.5) is 5.69 Å². The molecule has 1 aliphatic rings. The zero-order chi connectivity index (χ0) is 20.7. The lowest BCUT2D eigenvalue weighted by atomic mass is 9.80. The molecule has 1 fully saturated rings. The number of carbonyl (C=O) groups is 2. The number of nitrogens with zero attached hydrogens (tertiary/aromatic N) is 2. The van der Waals surface area contributed by atoms with Crippen molar-refractivity contribution >= 4 is 17.5 Å². The van der Waals surface area contributed by atoms with Crippen molar-refractivity contribution in [2.75, 3.05) is 38.1 Å². The molecule has 1 N–H and O–H groups in total. The molecular formula is C24H31N3O2. The van der Waals surface area contributed by atoms with Crippen LogP contribution in [-0.2, 0) is 4.79 Å². The minimum atomic E-state index is -0.534. The van der Waals surface area contributed by atoms with E-state index < -0.39 is 5.41 Å². The molecule has 0 saturated carbocycles. The van der Waals surface area contributed by atoms with Crippen LogP contribution >= 0.6 is 0 Å². The molecule has 2 amide bonds. The number of nitrogens with one attached hydrogen (secondary N) is 1. The summed E-state index contributed by atoms with van der Waals surface area (Å²) in [5.41, 5.74) is 1.32. The quantitative estimate of drug-likeness (QED) is 0.732. The standard InChI is InChI=1S/C24H31N3O2/c1-24(15-9-18-27(19-24)22(28)20-11-5-3-6-12-20)23(29)25-16-10-17-26(2)21-13-7-4-8-14-21/h3-8,11-14H,9-10,15-19H2,1-2H3,(H,25,29). The average Bonchev–Trinajstić information content (AvgIpc) is 2.77. The fraction of sp³-hybridized carbons (Fsp3) is 0.417. The fourth-order valence-corrected chi connectivity index (χ4v) is 3.90. The maximum atomic E-state index is 12.9. The third-order valence-corrected chi connectivity index (χ3v) is 5.71. The number of carbonyl (C=O) groups excluding carboxylic acids is 2. The van der Waals surface area contributed by atoms with Crippen LogP contribution in [0.15, 0.2) is 60.7 Å². The summed E-state index contributed by atoms with van der Waals surface area (Å²) in [6, 6.07) is 19.5. The summed E-state index contributed by atoms with van der Waals surface area (Å²) < 4.78 is 0. The Kier molecular flexibility index (Phi) is 6.91. The molecule has 5 nitrogen and oxygen atoms in total. The van der Waals surface area contributed by atoms with E-state index in [0.29, 0.717) is 25.2 Å². The van der Waals surface area contributed by atoms with Crippen molar-refractivity contribution in [3.05, 3.63) is 66.2 Å². The largest absolute Gasteiger partial charge is 0.375 e. The normalized spacial score (nSPS) is 18.9. The molecule has 29 heavy (non-hydrogen) atoms.